The lowest BCUT2D eigenvalue weighted by Gasteiger charge is -2.32. The molecule has 1 aliphatic rings. The Morgan fingerprint density at radius 2 is 2.29 bits per heavy atom. The minimum atomic E-state index is -0.984. The van der Waals surface area contributed by atoms with Gasteiger partial charge in [-0.25, -0.2) is 0 Å². The number of hydrogen-bond donors (Lipinski definition) is 3. The fraction of sp³-hybridized carbons (Fsp3) is 1.00. The molecule has 0 amide bonds. The van der Waals surface area contributed by atoms with E-state index in [1.165, 1.54) is 18.6 Å². The Hall–Kier alpha value is 0.230. The molecule has 14 heavy (non-hydrogen) atoms. The van der Waals surface area contributed by atoms with Gasteiger partial charge in [0.05, 0.1) is 12.2 Å². The third-order valence-corrected chi connectivity index (χ3v) is 4.07. The maximum absolute atomic E-state index is 9.62. The van der Waals surface area contributed by atoms with E-state index in [2.05, 4.69) is 12.2 Å². The smallest absolute Gasteiger partial charge is 0.0972 e. The molecule has 0 spiro atoms. The highest BCUT2D eigenvalue weighted by atomic mass is 32.2. The molecule has 1 aliphatic heterocycles. The molecular weight excluding hydrogens is 198 g/mol. The summed E-state index contributed by atoms with van der Waals surface area (Å²) in [7, 11) is 0. The minimum absolute atomic E-state index is 0.186. The first kappa shape index (κ1) is 12.3. The van der Waals surface area contributed by atoms with Crippen LogP contribution in [-0.2, 0) is 0 Å². The molecule has 0 aromatic carbocycles. The number of rotatable bonds is 4. The Balaban J connectivity index is 2.29. The van der Waals surface area contributed by atoms with Gasteiger partial charge in [0.15, 0.2) is 0 Å². The van der Waals surface area contributed by atoms with Crippen molar-refractivity contribution in [2.45, 2.75) is 43.6 Å². The van der Waals surface area contributed by atoms with Crippen LogP contribution in [0.4, 0.5) is 0 Å². The van der Waals surface area contributed by atoms with Crippen molar-refractivity contribution in [2.24, 2.45) is 0 Å². The number of hydrogen-bond acceptors (Lipinski definition) is 4. The molecule has 3 unspecified atom stereocenters. The molecule has 3 N–H and O–H groups in total. The zero-order chi connectivity index (χ0) is 10.6. The summed E-state index contributed by atoms with van der Waals surface area (Å²) in [4.78, 5) is 0. The summed E-state index contributed by atoms with van der Waals surface area (Å²) in [6, 6.07) is 0.478. The zero-order valence-electron chi connectivity index (χ0n) is 8.99. The first-order chi connectivity index (χ1) is 6.55. The Morgan fingerprint density at radius 1 is 1.57 bits per heavy atom. The van der Waals surface area contributed by atoms with Crippen LogP contribution in [0.15, 0.2) is 0 Å². The summed E-state index contributed by atoms with van der Waals surface area (Å²) in [6.07, 6.45) is 2.42. The first-order valence-corrected chi connectivity index (χ1v) is 6.28. The van der Waals surface area contributed by atoms with Crippen LogP contribution < -0.4 is 5.32 Å². The maximum Gasteiger partial charge on any atom is 0.0972 e. The lowest BCUT2D eigenvalue weighted by molar-refractivity contribution is 0.000522. The first-order valence-electron chi connectivity index (χ1n) is 5.23. The van der Waals surface area contributed by atoms with Gasteiger partial charge >= 0.3 is 0 Å². The van der Waals surface area contributed by atoms with Crippen LogP contribution in [0.3, 0.4) is 0 Å². The highest BCUT2D eigenvalue weighted by Crippen LogP contribution is 2.25. The van der Waals surface area contributed by atoms with Gasteiger partial charge in [-0.05, 0) is 25.5 Å². The Bertz CT molecular complexity index is 176. The largest absolute Gasteiger partial charge is 0.393 e. The topological polar surface area (TPSA) is 52.5 Å². The third-order valence-electron chi connectivity index (χ3n) is 2.69. The molecule has 3 nitrogen and oxygen atoms in total. The standard InChI is InChI=1S/C10H21NO2S/c1-8-9(4-3-5-14-8)11-6-10(2,13)7-12/h8-9,11-13H,3-7H2,1-2H3. The molecule has 0 aromatic heterocycles. The molecule has 84 valence electrons. The van der Waals surface area contributed by atoms with Gasteiger partial charge in [0, 0.05) is 17.8 Å². The molecule has 0 bridgehead atoms. The van der Waals surface area contributed by atoms with E-state index in [1.54, 1.807) is 6.92 Å². The van der Waals surface area contributed by atoms with E-state index in [0.717, 1.165) is 0 Å². The highest BCUT2D eigenvalue weighted by Gasteiger charge is 2.25. The van der Waals surface area contributed by atoms with E-state index in [0.29, 0.717) is 17.8 Å². The van der Waals surface area contributed by atoms with Crippen LogP contribution in [0, 0.1) is 0 Å². The monoisotopic (exact) mass is 219 g/mol. The van der Waals surface area contributed by atoms with E-state index in [-0.39, 0.29) is 6.61 Å². The second kappa shape index (κ2) is 5.35. The second-order valence-corrected chi connectivity index (χ2v) is 5.85. The van der Waals surface area contributed by atoms with Gasteiger partial charge in [0.2, 0.25) is 0 Å². The average Bonchev–Trinajstić information content (AvgIpc) is 2.17. The van der Waals surface area contributed by atoms with Crippen LogP contribution in [0.5, 0.6) is 0 Å². The highest BCUT2D eigenvalue weighted by molar-refractivity contribution is 7.99. The summed E-state index contributed by atoms with van der Waals surface area (Å²) < 4.78 is 0. The Kier molecular flexibility index (Phi) is 4.70. The molecular formula is C10H21NO2S. The van der Waals surface area contributed by atoms with Crippen LogP contribution in [0.1, 0.15) is 26.7 Å². The van der Waals surface area contributed by atoms with Gasteiger partial charge in [0.25, 0.3) is 0 Å². The van der Waals surface area contributed by atoms with Crippen molar-refractivity contribution in [3.63, 3.8) is 0 Å². The molecule has 1 fully saturated rings. The van der Waals surface area contributed by atoms with Crippen molar-refractivity contribution in [2.75, 3.05) is 18.9 Å². The summed E-state index contributed by atoms with van der Waals surface area (Å²) in [6.45, 7) is 4.16. The van der Waals surface area contributed by atoms with Gasteiger partial charge in [-0.3, -0.25) is 0 Å². The van der Waals surface area contributed by atoms with Gasteiger partial charge in [0.1, 0.15) is 0 Å². The SMILES string of the molecule is CC1SCCCC1NCC(C)(O)CO. The van der Waals surface area contributed by atoms with Crippen molar-refractivity contribution in [3.05, 3.63) is 0 Å². The quantitative estimate of drug-likeness (QED) is 0.648. The average molecular weight is 219 g/mol. The Morgan fingerprint density at radius 3 is 2.86 bits per heavy atom. The molecule has 4 heteroatoms. The molecule has 1 heterocycles. The number of aliphatic hydroxyl groups excluding tert-OH is 1. The van der Waals surface area contributed by atoms with Crippen LogP contribution in [-0.4, -0.2) is 46.0 Å². The van der Waals surface area contributed by atoms with E-state index >= 15 is 0 Å². The number of aliphatic hydroxyl groups is 2. The third kappa shape index (κ3) is 3.77. The summed E-state index contributed by atoms with van der Waals surface area (Å²) in [5, 5.41) is 22.5. The number of thioether (sulfide) groups is 1. The zero-order valence-corrected chi connectivity index (χ0v) is 9.81. The lowest BCUT2D eigenvalue weighted by atomic mass is 10.0. The van der Waals surface area contributed by atoms with Crippen molar-refractivity contribution in [3.8, 4) is 0 Å². The molecule has 0 radical (unpaired) electrons. The van der Waals surface area contributed by atoms with Crippen molar-refractivity contribution in [1.29, 1.82) is 0 Å². The molecule has 0 aromatic rings. The normalized spacial score (nSPS) is 32.6. The van der Waals surface area contributed by atoms with Gasteiger partial charge in [-0.15, -0.1) is 0 Å². The molecule has 1 saturated heterocycles. The van der Waals surface area contributed by atoms with Crippen molar-refractivity contribution < 1.29 is 10.2 Å². The molecule has 3 atom stereocenters. The van der Waals surface area contributed by atoms with E-state index in [1.807, 2.05) is 11.8 Å². The molecule has 1 rings (SSSR count). The van der Waals surface area contributed by atoms with E-state index in [4.69, 9.17) is 5.11 Å². The summed E-state index contributed by atoms with van der Waals surface area (Å²) >= 11 is 1.98. The van der Waals surface area contributed by atoms with Crippen LogP contribution in [0.25, 0.3) is 0 Å². The lowest BCUT2D eigenvalue weighted by Crippen LogP contribution is -2.48. The number of nitrogens with one attached hydrogen (secondary N) is 1. The van der Waals surface area contributed by atoms with E-state index < -0.39 is 5.60 Å². The van der Waals surface area contributed by atoms with Gasteiger partial charge in [-0.2, -0.15) is 11.8 Å². The molecule has 0 saturated carbocycles. The van der Waals surface area contributed by atoms with E-state index in [9.17, 15) is 5.11 Å². The van der Waals surface area contributed by atoms with Gasteiger partial charge in [-0.1, -0.05) is 6.92 Å². The fourth-order valence-corrected chi connectivity index (χ4v) is 2.77. The second-order valence-electron chi connectivity index (χ2n) is 4.36. The predicted octanol–water partition coefficient (Wildman–Crippen LogP) is 0.603. The Labute approximate surface area is 90.3 Å². The fourth-order valence-electron chi connectivity index (χ4n) is 1.60. The minimum Gasteiger partial charge on any atom is -0.393 e. The van der Waals surface area contributed by atoms with Crippen molar-refractivity contribution in [1.82, 2.24) is 5.32 Å². The van der Waals surface area contributed by atoms with Crippen LogP contribution in [0.2, 0.25) is 0 Å². The van der Waals surface area contributed by atoms with Gasteiger partial charge < -0.3 is 15.5 Å². The van der Waals surface area contributed by atoms with Crippen LogP contribution >= 0.6 is 11.8 Å². The maximum atomic E-state index is 9.62. The summed E-state index contributed by atoms with van der Waals surface area (Å²) in [5.74, 6) is 1.25. The predicted molar refractivity (Wildman–Crippen MR) is 60.7 cm³/mol. The molecule has 0 aliphatic carbocycles. The summed E-state index contributed by atoms with van der Waals surface area (Å²) in [5.41, 5.74) is -0.984. The van der Waals surface area contributed by atoms with Crippen molar-refractivity contribution >= 4 is 11.8 Å².